The van der Waals surface area contributed by atoms with Gasteiger partial charge in [-0.3, -0.25) is 25.0 Å². The van der Waals surface area contributed by atoms with Crippen molar-refractivity contribution in [3.05, 3.63) is 78.8 Å². The fourth-order valence-electron chi connectivity index (χ4n) is 2.10. The molecule has 1 atom stereocenters. The zero-order valence-electron chi connectivity index (χ0n) is 12.4. The van der Waals surface area contributed by atoms with Crippen LogP contribution < -0.4 is 5.32 Å². The van der Waals surface area contributed by atoms with Crippen molar-refractivity contribution in [1.29, 1.82) is 0 Å². The Balaban J connectivity index is 2.38. The molecule has 0 unspecified atom stereocenters. The number of halogens is 1. The Morgan fingerprint density at radius 3 is 2.29 bits per heavy atom. The Morgan fingerprint density at radius 1 is 1.12 bits per heavy atom. The van der Waals surface area contributed by atoms with Crippen molar-refractivity contribution in [2.24, 2.45) is 0 Å². The van der Waals surface area contributed by atoms with Gasteiger partial charge in [-0.1, -0.05) is 41.9 Å². The van der Waals surface area contributed by atoms with Crippen molar-refractivity contribution >= 4 is 28.9 Å². The van der Waals surface area contributed by atoms with Gasteiger partial charge in [0.15, 0.2) is 0 Å². The van der Waals surface area contributed by atoms with Crippen molar-refractivity contribution in [3.63, 3.8) is 0 Å². The van der Waals surface area contributed by atoms with Crippen LogP contribution in [-0.4, -0.2) is 15.8 Å². The number of carbonyl (C=O) groups excluding carboxylic acids is 1. The average Bonchev–Trinajstić information content (AvgIpc) is 2.55. The smallest absolute Gasteiger partial charge is 0.295 e. The van der Waals surface area contributed by atoms with Crippen LogP contribution in [0.5, 0.6) is 0 Å². The number of nitrogens with zero attached hydrogens (tertiary/aromatic N) is 2. The molecule has 0 saturated carbocycles. The Hall–Kier alpha value is -3.00. The molecular formula is C15H12ClN3O5. The van der Waals surface area contributed by atoms with Gasteiger partial charge in [0.25, 0.3) is 17.3 Å². The summed E-state index contributed by atoms with van der Waals surface area (Å²) < 4.78 is 0. The minimum absolute atomic E-state index is 0.319. The van der Waals surface area contributed by atoms with Crippen LogP contribution in [0, 0.1) is 20.2 Å². The molecule has 0 radical (unpaired) electrons. The molecular weight excluding hydrogens is 338 g/mol. The zero-order valence-corrected chi connectivity index (χ0v) is 13.2. The van der Waals surface area contributed by atoms with E-state index in [1.165, 1.54) is 0 Å². The van der Waals surface area contributed by atoms with E-state index in [0.717, 1.165) is 17.7 Å². The molecule has 2 rings (SSSR count). The molecule has 1 amide bonds. The summed E-state index contributed by atoms with van der Waals surface area (Å²) >= 11 is 5.88. The van der Waals surface area contributed by atoms with Gasteiger partial charge < -0.3 is 5.32 Å². The summed E-state index contributed by atoms with van der Waals surface area (Å²) in [4.78, 5) is 32.6. The third kappa shape index (κ3) is 3.66. The molecule has 0 heterocycles. The highest BCUT2D eigenvalue weighted by molar-refractivity contribution is 6.36. The molecule has 0 fully saturated rings. The van der Waals surface area contributed by atoms with E-state index in [4.69, 9.17) is 11.6 Å². The Bertz CT molecular complexity index is 810. The van der Waals surface area contributed by atoms with Gasteiger partial charge in [-0.05, 0) is 12.5 Å². The lowest BCUT2D eigenvalue weighted by Crippen LogP contribution is -2.27. The summed E-state index contributed by atoms with van der Waals surface area (Å²) in [6, 6.07) is 10.2. The van der Waals surface area contributed by atoms with Crippen LogP contribution >= 0.6 is 11.6 Å². The molecule has 0 spiro atoms. The number of nitro groups is 2. The van der Waals surface area contributed by atoms with E-state index >= 15 is 0 Å². The number of benzene rings is 2. The summed E-state index contributed by atoms with van der Waals surface area (Å²) in [6.07, 6.45) is 0. The number of carbonyl (C=O) groups is 1. The van der Waals surface area contributed by atoms with Gasteiger partial charge in [-0.15, -0.1) is 0 Å². The molecule has 0 aliphatic rings. The second kappa shape index (κ2) is 7.05. The highest BCUT2D eigenvalue weighted by Gasteiger charge is 2.26. The topological polar surface area (TPSA) is 115 Å². The van der Waals surface area contributed by atoms with Gasteiger partial charge in [0.05, 0.1) is 27.5 Å². The largest absolute Gasteiger partial charge is 0.345 e. The predicted molar refractivity (Wildman–Crippen MR) is 87.1 cm³/mol. The van der Waals surface area contributed by atoms with E-state index < -0.39 is 38.2 Å². The molecule has 1 N–H and O–H groups in total. The lowest BCUT2D eigenvalue weighted by Gasteiger charge is -2.14. The molecule has 2 aromatic rings. The van der Waals surface area contributed by atoms with E-state index in [-0.39, 0.29) is 5.56 Å². The van der Waals surface area contributed by atoms with Crippen molar-refractivity contribution in [3.8, 4) is 0 Å². The van der Waals surface area contributed by atoms with Crippen LogP contribution in [-0.2, 0) is 0 Å². The van der Waals surface area contributed by atoms with Crippen LogP contribution in [0.4, 0.5) is 11.4 Å². The SMILES string of the molecule is C[C@@H](NC(=O)c1cc([N+](=O)[O-])cc([N+](=O)[O-])c1Cl)c1ccccc1. The van der Waals surface area contributed by atoms with Gasteiger partial charge in [0, 0.05) is 6.07 Å². The number of hydrogen-bond acceptors (Lipinski definition) is 5. The van der Waals surface area contributed by atoms with E-state index in [0.29, 0.717) is 0 Å². The normalized spacial score (nSPS) is 11.6. The van der Waals surface area contributed by atoms with E-state index in [1.54, 1.807) is 31.2 Å². The number of rotatable bonds is 5. The van der Waals surface area contributed by atoms with Crippen molar-refractivity contribution in [2.75, 3.05) is 0 Å². The summed E-state index contributed by atoms with van der Waals surface area (Å²) in [5.41, 5.74) is -0.783. The maximum absolute atomic E-state index is 12.4. The van der Waals surface area contributed by atoms with E-state index in [9.17, 15) is 25.0 Å². The maximum atomic E-state index is 12.4. The molecule has 0 bridgehead atoms. The molecule has 24 heavy (non-hydrogen) atoms. The molecule has 0 saturated heterocycles. The second-order valence-corrected chi connectivity index (χ2v) is 5.32. The third-order valence-corrected chi connectivity index (χ3v) is 3.73. The fraction of sp³-hybridized carbons (Fsp3) is 0.133. The van der Waals surface area contributed by atoms with E-state index in [1.807, 2.05) is 6.07 Å². The first-order valence-electron chi connectivity index (χ1n) is 6.79. The lowest BCUT2D eigenvalue weighted by atomic mass is 10.1. The second-order valence-electron chi connectivity index (χ2n) is 4.95. The predicted octanol–water partition coefficient (Wildman–Crippen LogP) is 3.65. The quantitative estimate of drug-likeness (QED) is 0.653. The number of non-ortho nitro benzene ring substituents is 1. The number of nitro benzene ring substituents is 2. The molecule has 124 valence electrons. The number of hydrogen-bond donors (Lipinski definition) is 1. The summed E-state index contributed by atoms with van der Waals surface area (Å²) in [6.45, 7) is 1.72. The molecule has 2 aromatic carbocycles. The molecule has 9 heteroatoms. The lowest BCUT2D eigenvalue weighted by molar-refractivity contribution is -0.394. The van der Waals surface area contributed by atoms with Crippen LogP contribution in [0.1, 0.15) is 28.9 Å². The van der Waals surface area contributed by atoms with Crippen molar-refractivity contribution in [1.82, 2.24) is 5.32 Å². The van der Waals surface area contributed by atoms with Crippen molar-refractivity contribution < 1.29 is 14.6 Å². The molecule has 0 aliphatic carbocycles. The van der Waals surface area contributed by atoms with Crippen LogP contribution in [0.15, 0.2) is 42.5 Å². The van der Waals surface area contributed by atoms with E-state index in [2.05, 4.69) is 5.32 Å². The Morgan fingerprint density at radius 2 is 1.75 bits per heavy atom. The summed E-state index contributed by atoms with van der Waals surface area (Å²) in [7, 11) is 0. The van der Waals surface area contributed by atoms with Gasteiger partial charge in [0.2, 0.25) is 0 Å². The highest BCUT2D eigenvalue weighted by atomic mass is 35.5. The first-order valence-corrected chi connectivity index (χ1v) is 7.17. The molecule has 0 aliphatic heterocycles. The van der Waals surface area contributed by atoms with Gasteiger partial charge >= 0.3 is 0 Å². The average molecular weight is 350 g/mol. The first-order chi connectivity index (χ1) is 11.3. The Kier molecular flexibility index (Phi) is 5.10. The first kappa shape index (κ1) is 17.4. The number of amides is 1. The highest BCUT2D eigenvalue weighted by Crippen LogP contribution is 2.33. The zero-order chi connectivity index (χ0) is 17.9. The van der Waals surface area contributed by atoms with Crippen LogP contribution in [0.2, 0.25) is 5.02 Å². The van der Waals surface area contributed by atoms with Crippen LogP contribution in [0.3, 0.4) is 0 Å². The van der Waals surface area contributed by atoms with Crippen molar-refractivity contribution in [2.45, 2.75) is 13.0 Å². The maximum Gasteiger partial charge on any atom is 0.295 e. The fourth-order valence-corrected chi connectivity index (χ4v) is 2.36. The standard InChI is InChI=1S/C15H12ClN3O5/c1-9(10-5-3-2-4-6-10)17-15(20)12-7-11(18(21)22)8-13(14(12)16)19(23)24/h2-9H,1H3,(H,17,20)/t9-/m1/s1. The van der Waals surface area contributed by atoms with Crippen LogP contribution in [0.25, 0.3) is 0 Å². The summed E-state index contributed by atoms with van der Waals surface area (Å²) in [5.74, 6) is -0.733. The van der Waals surface area contributed by atoms with Gasteiger partial charge in [0.1, 0.15) is 5.02 Å². The monoisotopic (exact) mass is 349 g/mol. The van der Waals surface area contributed by atoms with Gasteiger partial charge in [-0.25, -0.2) is 0 Å². The summed E-state index contributed by atoms with van der Waals surface area (Å²) in [5, 5.41) is 24.1. The minimum Gasteiger partial charge on any atom is -0.345 e. The molecule has 8 nitrogen and oxygen atoms in total. The molecule has 0 aromatic heterocycles. The minimum atomic E-state index is -0.868. The Labute approximate surface area is 141 Å². The van der Waals surface area contributed by atoms with Gasteiger partial charge in [-0.2, -0.15) is 0 Å². The number of nitrogens with one attached hydrogen (secondary N) is 1. The third-order valence-electron chi connectivity index (χ3n) is 3.34.